The zero-order chi connectivity index (χ0) is 13.8. The summed E-state index contributed by atoms with van der Waals surface area (Å²) in [6, 6.07) is 0. The predicted octanol–water partition coefficient (Wildman–Crippen LogP) is 0.706. The van der Waals surface area contributed by atoms with Crippen molar-refractivity contribution in [2.24, 2.45) is 7.05 Å². The Morgan fingerprint density at radius 2 is 1.95 bits per heavy atom. The minimum absolute atomic E-state index is 0.186. The molecule has 1 saturated carbocycles. The van der Waals surface area contributed by atoms with Crippen LogP contribution >= 0.6 is 0 Å². The first-order valence-corrected chi connectivity index (χ1v) is 8.33. The van der Waals surface area contributed by atoms with Gasteiger partial charge in [-0.15, -0.1) is 10.2 Å². The van der Waals surface area contributed by atoms with Gasteiger partial charge in [0.1, 0.15) is 5.82 Å². The molecule has 0 aromatic carbocycles. The third kappa shape index (κ3) is 2.04. The van der Waals surface area contributed by atoms with E-state index in [2.05, 4.69) is 10.2 Å². The van der Waals surface area contributed by atoms with E-state index in [9.17, 15) is 8.42 Å². The molecule has 2 aliphatic rings. The fourth-order valence-electron chi connectivity index (χ4n) is 2.62. The Balaban J connectivity index is 1.88. The van der Waals surface area contributed by atoms with E-state index in [1.807, 2.05) is 16.5 Å². The molecule has 19 heavy (non-hydrogen) atoms. The lowest BCUT2D eigenvalue weighted by molar-refractivity contribution is 0.517. The van der Waals surface area contributed by atoms with Crippen molar-refractivity contribution in [3.63, 3.8) is 0 Å². The number of hydrogen-bond acceptors (Lipinski definition) is 5. The number of aromatic nitrogens is 3. The van der Waals surface area contributed by atoms with Gasteiger partial charge in [-0.2, -0.15) is 0 Å². The van der Waals surface area contributed by atoms with Gasteiger partial charge in [0, 0.05) is 26.1 Å². The smallest absolute Gasteiger partial charge is 0.227 e. The highest BCUT2D eigenvalue weighted by Crippen LogP contribution is 2.39. The predicted molar refractivity (Wildman–Crippen MR) is 73.1 cm³/mol. The number of nitrogens with zero attached hydrogens (tertiary/aromatic N) is 4. The highest BCUT2D eigenvalue weighted by molar-refractivity contribution is 7.92. The minimum atomic E-state index is -3.01. The Bertz CT molecular complexity index is 601. The first-order chi connectivity index (χ1) is 8.82. The number of anilines is 1. The fourth-order valence-corrected chi connectivity index (χ4v) is 3.99. The van der Waals surface area contributed by atoms with Crippen LogP contribution in [0, 0.1) is 0 Å². The molecule has 0 spiro atoms. The Morgan fingerprint density at radius 3 is 2.53 bits per heavy atom. The largest absolute Gasteiger partial charge is 0.338 e. The molecular formula is C12H20N4O2S. The van der Waals surface area contributed by atoms with Crippen LogP contribution in [0.25, 0.3) is 0 Å². The van der Waals surface area contributed by atoms with E-state index < -0.39 is 14.6 Å². The maximum absolute atomic E-state index is 12.0. The maximum atomic E-state index is 12.0. The molecule has 106 valence electrons. The van der Waals surface area contributed by atoms with Gasteiger partial charge >= 0.3 is 0 Å². The summed E-state index contributed by atoms with van der Waals surface area (Å²) >= 11 is 0. The first-order valence-electron chi connectivity index (χ1n) is 6.68. The van der Waals surface area contributed by atoms with Gasteiger partial charge < -0.3 is 9.47 Å². The number of sulfone groups is 1. The van der Waals surface area contributed by atoms with Crippen molar-refractivity contribution in [2.45, 2.75) is 37.4 Å². The van der Waals surface area contributed by atoms with Crippen molar-refractivity contribution >= 4 is 15.8 Å². The zero-order valence-electron chi connectivity index (χ0n) is 11.6. The number of hydrogen-bond donors (Lipinski definition) is 0. The third-order valence-electron chi connectivity index (χ3n) is 4.15. The molecule has 1 aromatic rings. The van der Waals surface area contributed by atoms with Gasteiger partial charge in [0.05, 0.1) is 10.5 Å². The summed E-state index contributed by atoms with van der Waals surface area (Å²) in [5.74, 6) is 2.56. The summed E-state index contributed by atoms with van der Waals surface area (Å²) in [4.78, 5) is 2.04. The monoisotopic (exact) mass is 284 g/mol. The average Bonchev–Trinajstić information content (AvgIpc) is 3.07. The second kappa shape index (κ2) is 3.94. The van der Waals surface area contributed by atoms with Gasteiger partial charge in [0.15, 0.2) is 9.84 Å². The molecule has 2 fully saturated rings. The third-order valence-corrected chi connectivity index (χ3v) is 6.69. The summed E-state index contributed by atoms with van der Waals surface area (Å²) in [7, 11) is -1.04. The molecule has 7 heteroatoms. The molecule has 1 saturated heterocycles. The Labute approximate surface area is 113 Å². The van der Waals surface area contributed by atoms with Crippen LogP contribution in [0.15, 0.2) is 0 Å². The van der Waals surface area contributed by atoms with Crippen LogP contribution in [0.2, 0.25) is 0 Å². The van der Waals surface area contributed by atoms with Gasteiger partial charge in [-0.25, -0.2) is 8.42 Å². The molecule has 0 atom stereocenters. The molecule has 0 bridgehead atoms. The molecule has 1 aliphatic heterocycles. The Hall–Kier alpha value is -1.11. The van der Waals surface area contributed by atoms with E-state index in [1.54, 1.807) is 13.8 Å². The molecule has 1 aromatic heterocycles. The summed E-state index contributed by atoms with van der Waals surface area (Å²) in [6.07, 6.45) is 2.37. The van der Waals surface area contributed by atoms with Crippen molar-refractivity contribution in [3.8, 4) is 0 Å². The fraction of sp³-hybridized carbons (Fsp3) is 0.833. The normalized spacial score (nSPS) is 25.5. The Morgan fingerprint density at radius 1 is 1.26 bits per heavy atom. The molecule has 2 heterocycles. The summed E-state index contributed by atoms with van der Waals surface area (Å²) in [5.41, 5.74) is 0. The van der Waals surface area contributed by atoms with Crippen molar-refractivity contribution < 1.29 is 8.42 Å². The van der Waals surface area contributed by atoms with E-state index in [0.29, 0.717) is 19.0 Å². The topological polar surface area (TPSA) is 68.1 Å². The molecule has 1 aliphatic carbocycles. The highest BCUT2D eigenvalue weighted by atomic mass is 32.2. The lowest BCUT2D eigenvalue weighted by Crippen LogP contribution is -2.53. The van der Waals surface area contributed by atoms with E-state index in [4.69, 9.17) is 0 Å². The molecule has 0 amide bonds. The summed E-state index contributed by atoms with van der Waals surface area (Å²) in [5, 5.41) is 8.52. The van der Waals surface area contributed by atoms with Gasteiger partial charge in [-0.05, 0) is 26.7 Å². The number of rotatable bonds is 2. The van der Waals surface area contributed by atoms with Crippen LogP contribution in [0.4, 0.5) is 5.95 Å². The van der Waals surface area contributed by atoms with Crippen LogP contribution in [0.1, 0.15) is 38.4 Å². The van der Waals surface area contributed by atoms with Crippen molar-refractivity contribution in [2.75, 3.05) is 23.7 Å². The second-order valence-electron chi connectivity index (χ2n) is 6.19. The van der Waals surface area contributed by atoms with Gasteiger partial charge in [-0.1, -0.05) is 0 Å². The van der Waals surface area contributed by atoms with E-state index in [0.717, 1.165) is 11.8 Å². The second-order valence-corrected chi connectivity index (χ2v) is 8.93. The van der Waals surface area contributed by atoms with Crippen molar-refractivity contribution in [1.82, 2.24) is 14.8 Å². The maximum Gasteiger partial charge on any atom is 0.227 e. The van der Waals surface area contributed by atoms with E-state index >= 15 is 0 Å². The van der Waals surface area contributed by atoms with Crippen LogP contribution in [-0.2, 0) is 16.9 Å². The van der Waals surface area contributed by atoms with Crippen LogP contribution < -0.4 is 4.90 Å². The lowest BCUT2D eigenvalue weighted by Gasteiger charge is -2.37. The van der Waals surface area contributed by atoms with Crippen molar-refractivity contribution in [1.29, 1.82) is 0 Å². The van der Waals surface area contributed by atoms with Gasteiger partial charge in [-0.3, -0.25) is 0 Å². The molecule has 0 unspecified atom stereocenters. The highest BCUT2D eigenvalue weighted by Gasteiger charge is 2.41. The summed E-state index contributed by atoms with van der Waals surface area (Å²) < 4.78 is 25.3. The van der Waals surface area contributed by atoms with E-state index in [-0.39, 0.29) is 5.75 Å². The van der Waals surface area contributed by atoms with Gasteiger partial charge in [0.25, 0.3) is 0 Å². The van der Waals surface area contributed by atoms with E-state index in [1.165, 1.54) is 12.8 Å². The SMILES string of the molecule is Cn1c(C2CC2)nnc1N1CCS(=O)(=O)C(C)(C)C1. The van der Waals surface area contributed by atoms with Crippen LogP contribution in [-0.4, -0.2) is 46.8 Å². The lowest BCUT2D eigenvalue weighted by atomic mass is 10.2. The average molecular weight is 284 g/mol. The molecule has 6 nitrogen and oxygen atoms in total. The van der Waals surface area contributed by atoms with Crippen molar-refractivity contribution in [3.05, 3.63) is 5.82 Å². The minimum Gasteiger partial charge on any atom is -0.338 e. The first kappa shape index (κ1) is 12.9. The molecular weight excluding hydrogens is 264 g/mol. The molecule has 3 rings (SSSR count). The summed E-state index contributed by atoms with van der Waals surface area (Å²) in [6.45, 7) is 4.55. The van der Waals surface area contributed by atoms with Crippen LogP contribution in [0.3, 0.4) is 0 Å². The Kier molecular flexibility index (Phi) is 2.68. The van der Waals surface area contributed by atoms with Crippen LogP contribution in [0.5, 0.6) is 0 Å². The van der Waals surface area contributed by atoms with Gasteiger partial charge in [0.2, 0.25) is 5.95 Å². The standard InChI is InChI=1S/C12H20N4O2S/c1-12(2)8-16(6-7-19(12,17)18)11-14-13-10(15(11)3)9-4-5-9/h9H,4-8H2,1-3H3. The molecule has 0 N–H and O–H groups in total. The zero-order valence-corrected chi connectivity index (χ0v) is 12.4. The quantitative estimate of drug-likeness (QED) is 0.800. The molecule has 0 radical (unpaired) electrons.